The van der Waals surface area contributed by atoms with E-state index in [1.165, 1.54) is 22.3 Å². The summed E-state index contributed by atoms with van der Waals surface area (Å²) in [4.78, 5) is 0. The topological polar surface area (TPSA) is 58.9 Å². The van der Waals surface area contributed by atoms with Gasteiger partial charge in [-0.2, -0.15) is 0 Å². The predicted octanol–water partition coefficient (Wildman–Crippen LogP) is 7.37. The van der Waals surface area contributed by atoms with E-state index in [4.69, 9.17) is 9.47 Å². The standard InChI is InChI=1S/C34H26O4/c1-37-26-15-17-29-31(20-26)33-30(28-16-6-21-4-2-3-5-27(21)32(28)29)18-19-34(38-33,22-7-11-24(35)12-8-22)23-9-13-25(36)14-10-23/h2-5,7-15,17-20,35-36H,6,16H2,1H3. The van der Waals surface area contributed by atoms with Crippen molar-refractivity contribution in [2.75, 3.05) is 7.11 Å². The predicted molar refractivity (Wildman–Crippen MR) is 150 cm³/mol. The van der Waals surface area contributed by atoms with E-state index in [0.717, 1.165) is 51.8 Å². The summed E-state index contributed by atoms with van der Waals surface area (Å²) in [5, 5.41) is 22.1. The van der Waals surface area contributed by atoms with Crippen LogP contribution < -0.4 is 9.47 Å². The molecule has 0 fully saturated rings. The van der Waals surface area contributed by atoms with E-state index in [9.17, 15) is 10.2 Å². The Morgan fingerprint density at radius 3 is 2.13 bits per heavy atom. The summed E-state index contributed by atoms with van der Waals surface area (Å²) in [6.07, 6.45) is 6.19. The number of ether oxygens (including phenoxy) is 2. The van der Waals surface area contributed by atoms with E-state index >= 15 is 0 Å². The van der Waals surface area contributed by atoms with E-state index in [1.54, 1.807) is 31.4 Å². The smallest absolute Gasteiger partial charge is 0.178 e. The molecule has 4 nitrogen and oxygen atoms in total. The first kappa shape index (κ1) is 22.5. The molecule has 1 heterocycles. The maximum absolute atomic E-state index is 10.0. The van der Waals surface area contributed by atoms with Crippen molar-refractivity contribution < 1.29 is 19.7 Å². The Labute approximate surface area is 221 Å². The Morgan fingerprint density at radius 1 is 0.763 bits per heavy atom. The molecule has 0 saturated heterocycles. The molecule has 4 heteroatoms. The van der Waals surface area contributed by atoms with Crippen LogP contribution in [-0.4, -0.2) is 17.3 Å². The van der Waals surface area contributed by atoms with Crippen molar-refractivity contribution in [2.24, 2.45) is 0 Å². The third kappa shape index (κ3) is 3.30. The molecule has 0 amide bonds. The Bertz CT molecular complexity index is 1680. The van der Waals surface area contributed by atoms with Crippen LogP contribution in [0, 0.1) is 0 Å². The van der Waals surface area contributed by atoms with Gasteiger partial charge in [0.2, 0.25) is 0 Å². The maximum Gasteiger partial charge on any atom is 0.178 e. The average molecular weight is 499 g/mol. The molecule has 2 aliphatic rings. The van der Waals surface area contributed by atoms with Gasteiger partial charge in [0.1, 0.15) is 23.0 Å². The quantitative estimate of drug-likeness (QED) is 0.273. The third-order valence-corrected chi connectivity index (χ3v) is 7.88. The normalized spacial score (nSPS) is 14.8. The molecule has 0 atom stereocenters. The highest BCUT2D eigenvalue weighted by Crippen LogP contribution is 2.52. The number of methoxy groups -OCH3 is 1. The van der Waals surface area contributed by atoms with Crippen LogP contribution in [0.15, 0.2) is 97.1 Å². The molecule has 0 spiro atoms. The van der Waals surface area contributed by atoms with Crippen LogP contribution in [0.5, 0.6) is 23.0 Å². The number of aromatic hydroxyl groups is 2. The Balaban J connectivity index is 1.54. The average Bonchev–Trinajstić information content (AvgIpc) is 2.97. The van der Waals surface area contributed by atoms with Crippen LogP contribution in [0.25, 0.3) is 28.0 Å². The molecule has 7 rings (SSSR count). The molecule has 38 heavy (non-hydrogen) atoms. The molecule has 2 N–H and O–H groups in total. The highest BCUT2D eigenvalue weighted by Gasteiger charge is 2.39. The fraction of sp³-hybridized carbons (Fsp3) is 0.118. The Morgan fingerprint density at radius 2 is 1.45 bits per heavy atom. The summed E-state index contributed by atoms with van der Waals surface area (Å²) in [6, 6.07) is 29.1. The van der Waals surface area contributed by atoms with Gasteiger partial charge in [-0.1, -0.05) is 54.6 Å². The fourth-order valence-electron chi connectivity index (χ4n) is 6.02. The lowest BCUT2D eigenvalue weighted by molar-refractivity contribution is 0.163. The van der Waals surface area contributed by atoms with E-state index in [0.29, 0.717) is 0 Å². The minimum atomic E-state index is -0.953. The van der Waals surface area contributed by atoms with Crippen molar-refractivity contribution in [3.8, 4) is 34.1 Å². The minimum Gasteiger partial charge on any atom is -0.508 e. The van der Waals surface area contributed by atoms with Crippen LogP contribution in [0.4, 0.5) is 0 Å². The lowest BCUT2D eigenvalue weighted by Gasteiger charge is -2.38. The van der Waals surface area contributed by atoms with Gasteiger partial charge in [0.05, 0.1) is 7.11 Å². The molecule has 0 saturated carbocycles. The van der Waals surface area contributed by atoms with Gasteiger partial charge >= 0.3 is 0 Å². The zero-order valence-corrected chi connectivity index (χ0v) is 20.9. The maximum atomic E-state index is 10.0. The number of hydrogen-bond acceptors (Lipinski definition) is 4. The summed E-state index contributed by atoms with van der Waals surface area (Å²) in [5.74, 6) is 1.96. The molecule has 1 aliphatic carbocycles. The van der Waals surface area contributed by atoms with Gasteiger partial charge in [-0.25, -0.2) is 0 Å². The molecular formula is C34H26O4. The summed E-state index contributed by atoms with van der Waals surface area (Å²) < 4.78 is 12.8. The molecule has 186 valence electrons. The van der Waals surface area contributed by atoms with Crippen molar-refractivity contribution in [3.05, 3.63) is 125 Å². The second-order valence-electron chi connectivity index (χ2n) is 9.93. The van der Waals surface area contributed by atoms with Crippen molar-refractivity contribution in [2.45, 2.75) is 18.4 Å². The second kappa shape index (κ2) is 8.42. The number of hydrogen-bond donors (Lipinski definition) is 2. The summed E-state index contributed by atoms with van der Waals surface area (Å²) >= 11 is 0. The van der Waals surface area contributed by atoms with Crippen LogP contribution in [0.3, 0.4) is 0 Å². The number of rotatable bonds is 3. The van der Waals surface area contributed by atoms with Gasteiger partial charge in [0, 0.05) is 22.1 Å². The first-order chi connectivity index (χ1) is 18.6. The van der Waals surface area contributed by atoms with Crippen molar-refractivity contribution in [1.82, 2.24) is 0 Å². The molecule has 0 bridgehead atoms. The molecule has 0 unspecified atom stereocenters. The SMILES string of the molecule is COc1ccc2c3c(c4c(c2c1)OC(c1ccc(O)cc1)(c1ccc(O)cc1)C=C4)CCc1ccccc1-3. The zero-order valence-electron chi connectivity index (χ0n) is 20.9. The molecule has 5 aromatic carbocycles. The van der Waals surface area contributed by atoms with Gasteiger partial charge in [0.25, 0.3) is 0 Å². The van der Waals surface area contributed by atoms with Crippen molar-refractivity contribution >= 4 is 16.8 Å². The van der Waals surface area contributed by atoms with E-state index in [2.05, 4.69) is 48.6 Å². The van der Waals surface area contributed by atoms with Gasteiger partial charge in [-0.3, -0.25) is 0 Å². The second-order valence-corrected chi connectivity index (χ2v) is 9.93. The number of phenolic OH excluding ortho intramolecular Hbond substituents is 2. The van der Waals surface area contributed by atoms with Crippen molar-refractivity contribution in [3.63, 3.8) is 0 Å². The lowest BCUT2D eigenvalue weighted by atomic mass is 9.77. The number of aryl methyl sites for hydroxylation is 1. The van der Waals surface area contributed by atoms with Gasteiger partial charge in [-0.15, -0.1) is 0 Å². The summed E-state index contributed by atoms with van der Waals surface area (Å²) in [5.41, 5.74) is 7.07. The molecule has 5 aromatic rings. The van der Waals surface area contributed by atoms with Crippen LogP contribution in [0.1, 0.15) is 27.8 Å². The Hall–Kier alpha value is -4.70. The monoisotopic (exact) mass is 498 g/mol. The minimum absolute atomic E-state index is 0.192. The number of benzene rings is 5. The first-order valence-electron chi connectivity index (χ1n) is 12.8. The van der Waals surface area contributed by atoms with Crippen LogP contribution >= 0.6 is 0 Å². The fourth-order valence-corrected chi connectivity index (χ4v) is 6.02. The van der Waals surface area contributed by atoms with E-state index in [1.807, 2.05) is 30.3 Å². The molecule has 1 aliphatic heterocycles. The lowest BCUT2D eigenvalue weighted by Crippen LogP contribution is -2.34. The van der Waals surface area contributed by atoms with Gasteiger partial charge in [-0.05, 0) is 89.0 Å². The zero-order chi connectivity index (χ0) is 25.9. The van der Waals surface area contributed by atoms with Gasteiger partial charge in [0.15, 0.2) is 5.60 Å². The van der Waals surface area contributed by atoms with E-state index < -0.39 is 5.60 Å². The first-order valence-corrected chi connectivity index (χ1v) is 12.8. The number of fused-ring (bicyclic) bond motifs is 8. The van der Waals surface area contributed by atoms with Crippen LogP contribution in [-0.2, 0) is 18.4 Å². The summed E-state index contributed by atoms with van der Waals surface area (Å²) in [6.45, 7) is 0. The van der Waals surface area contributed by atoms with E-state index in [-0.39, 0.29) is 11.5 Å². The molecule has 0 aromatic heterocycles. The third-order valence-electron chi connectivity index (χ3n) is 7.88. The molecule has 0 radical (unpaired) electrons. The Kier molecular flexibility index (Phi) is 4.98. The highest BCUT2D eigenvalue weighted by molar-refractivity contribution is 6.06. The number of phenols is 2. The largest absolute Gasteiger partial charge is 0.508 e. The summed E-state index contributed by atoms with van der Waals surface area (Å²) in [7, 11) is 1.68. The van der Waals surface area contributed by atoms with Crippen molar-refractivity contribution in [1.29, 1.82) is 0 Å². The molecular weight excluding hydrogens is 472 g/mol. The van der Waals surface area contributed by atoms with Gasteiger partial charge < -0.3 is 19.7 Å². The van der Waals surface area contributed by atoms with Crippen LogP contribution in [0.2, 0.25) is 0 Å². The highest BCUT2D eigenvalue weighted by atomic mass is 16.5.